The zero-order chi connectivity index (χ0) is 13.3. The number of hydrogen-bond donors (Lipinski definition) is 0. The maximum Gasteiger partial charge on any atom is 0.254 e. The lowest BCUT2D eigenvalue weighted by molar-refractivity contribution is 0.0701. The van der Waals surface area contributed by atoms with Crippen molar-refractivity contribution in [1.29, 1.82) is 0 Å². The Morgan fingerprint density at radius 3 is 2.83 bits per heavy atom. The normalized spacial score (nSPS) is 24.1. The summed E-state index contributed by atoms with van der Waals surface area (Å²) in [5, 5.41) is -0.0281. The molecule has 2 atom stereocenters. The van der Waals surface area contributed by atoms with E-state index in [1.165, 1.54) is 12.1 Å². The van der Waals surface area contributed by atoms with Crippen LogP contribution in [-0.2, 0) is 0 Å². The van der Waals surface area contributed by atoms with Gasteiger partial charge in [-0.05, 0) is 30.5 Å². The molecule has 2 nitrogen and oxygen atoms in total. The molecule has 0 aliphatic carbocycles. The monoisotopic (exact) mass is 333 g/mol. The molecule has 1 aliphatic heterocycles. The molecule has 2 rings (SSSR count). The minimum absolute atomic E-state index is 0.0281. The third-order valence-electron chi connectivity index (χ3n) is 3.26. The molecule has 98 valence electrons. The van der Waals surface area contributed by atoms with Crippen LogP contribution >= 0.6 is 27.5 Å². The summed E-state index contributed by atoms with van der Waals surface area (Å²) in [6.45, 7) is 3.28. The van der Waals surface area contributed by atoms with Crippen molar-refractivity contribution in [2.75, 3.05) is 13.1 Å². The van der Waals surface area contributed by atoms with Crippen molar-refractivity contribution in [3.05, 3.63) is 34.1 Å². The highest BCUT2D eigenvalue weighted by Gasteiger charge is 2.28. The molecule has 1 saturated heterocycles. The van der Waals surface area contributed by atoms with E-state index in [9.17, 15) is 9.18 Å². The summed E-state index contributed by atoms with van der Waals surface area (Å²) >= 11 is 9.37. The lowest BCUT2D eigenvalue weighted by atomic mass is 9.98. The van der Waals surface area contributed by atoms with E-state index in [-0.39, 0.29) is 11.3 Å². The van der Waals surface area contributed by atoms with Gasteiger partial charge in [0.15, 0.2) is 0 Å². The lowest BCUT2D eigenvalue weighted by Crippen LogP contribution is -2.43. The lowest BCUT2D eigenvalue weighted by Gasteiger charge is -2.34. The highest BCUT2D eigenvalue weighted by atomic mass is 79.9. The number of halogens is 3. The van der Waals surface area contributed by atoms with Crippen LogP contribution in [0.5, 0.6) is 0 Å². The Bertz CT molecular complexity index is 448. The average molecular weight is 335 g/mol. The van der Waals surface area contributed by atoms with Gasteiger partial charge in [-0.15, -0.1) is 11.6 Å². The van der Waals surface area contributed by atoms with E-state index < -0.39 is 5.82 Å². The molecule has 1 heterocycles. The Labute approximate surface area is 119 Å². The maximum absolute atomic E-state index is 13.3. The minimum Gasteiger partial charge on any atom is -0.337 e. The van der Waals surface area contributed by atoms with Gasteiger partial charge in [-0.3, -0.25) is 4.79 Å². The van der Waals surface area contributed by atoms with Crippen LogP contribution in [0, 0.1) is 11.7 Å². The van der Waals surface area contributed by atoms with E-state index in [2.05, 4.69) is 22.9 Å². The van der Waals surface area contributed by atoms with Crippen molar-refractivity contribution in [2.45, 2.75) is 18.7 Å². The summed E-state index contributed by atoms with van der Waals surface area (Å²) in [7, 11) is 0. The van der Waals surface area contributed by atoms with Gasteiger partial charge in [0.2, 0.25) is 0 Å². The van der Waals surface area contributed by atoms with Gasteiger partial charge in [-0.2, -0.15) is 0 Å². The Morgan fingerprint density at radius 2 is 2.22 bits per heavy atom. The van der Waals surface area contributed by atoms with Gasteiger partial charge >= 0.3 is 0 Å². The molecule has 2 unspecified atom stereocenters. The van der Waals surface area contributed by atoms with Crippen LogP contribution in [0.1, 0.15) is 23.7 Å². The van der Waals surface area contributed by atoms with Gasteiger partial charge < -0.3 is 4.90 Å². The SMILES string of the molecule is CC1CCN(C(=O)c2cc(F)cc(Br)c2)CC1Cl. The molecule has 18 heavy (non-hydrogen) atoms. The molecule has 5 heteroatoms. The van der Waals surface area contributed by atoms with E-state index in [1.54, 1.807) is 11.0 Å². The summed E-state index contributed by atoms with van der Waals surface area (Å²) in [6, 6.07) is 4.22. The number of piperidine rings is 1. The molecule has 1 aromatic carbocycles. The van der Waals surface area contributed by atoms with Crippen LogP contribution in [0.15, 0.2) is 22.7 Å². The van der Waals surface area contributed by atoms with Crippen LogP contribution < -0.4 is 0 Å². The summed E-state index contributed by atoms with van der Waals surface area (Å²) < 4.78 is 13.8. The average Bonchev–Trinajstić information content (AvgIpc) is 2.30. The van der Waals surface area contributed by atoms with Gasteiger partial charge in [0.25, 0.3) is 5.91 Å². The van der Waals surface area contributed by atoms with Gasteiger partial charge in [-0.25, -0.2) is 4.39 Å². The number of nitrogens with zero attached hydrogens (tertiary/aromatic N) is 1. The predicted octanol–water partition coefficient (Wildman–Crippen LogP) is 3.68. The third kappa shape index (κ3) is 3.04. The molecule has 0 saturated carbocycles. The van der Waals surface area contributed by atoms with Gasteiger partial charge in [0.05, 0.1) is 5.38 Å². The van der Waals surface area contributed by atoms with Crippen molar-refractivity contribution in [3.63, 3.8) is 0 Å². The molecule has 0 radical (unpaired) electrons. The smallest absolute Gasteiger partial charge is 0.254 e. The van der Waals surface area contributed by atoms with Crippen LogP contribution in [0.2, 0.25) is 0 Å². The van der Waals surface area contributed by atoms with Crippen molar-refractivity contribution in [1.82, 2.24) is 4.90 Å². The second kappa shape index (κ2) is 5.57. The molecule has 1 amide bonds. The number of carbonyl (C=O) groups is 1. The predicted molar refractivity (Wildman–Crippen MR) is 73.4 cm³/mol. The Kier molecular flexibility index (Phi) is 4.28. The van der Waals surface area contributed by atoms with Gasteiger partial charge in [-0.1, -0.05) is 22.9 Å². The van der Waals surface area contributed by atoms with E-state index >= 15 is 0 Å². The fourth-order valence-electron chi connectivity index (χ4n) is 2.07. The first-order chi connectivity index (χ1) is 8.47. The first-order valence-corrected chi connectivity index (χ1v) is 7.10. The van der Waals surface area contributed by atoms with Crippen LogP contribution in [-0.4, -0.2) is 29.3 Å². The second-order valence-corrected chi connectivity index (χ2v) is 6.17. The maximum atomic E-state index is 13.3. The topological polar surface area (TPSA) is 20.3 Å². The minimum atomic E-state index is -0.416. The highest BCUT2D eigenvalue weighted by Crippen LogP contribution is 2.24. The molecule has 1 aromatic rings. The Hall–Kier alpha value is -0.610. The molecule has 0 spiro atoms. The molecule has 1 fully saturated rings. The van der Waals surface area contributed by atoms with E-state index in [1.807, 2.05) is 0 Å². The van der Waals surface area contributed by atoms with E-state index in [4.69, 9.17) is 11.6 Å². The van der Waals surface area contributed by atoms with Crippen LogP contribution in [0.4, 0.5) is 4.39 Å². The number of likely N-dealkylation sites (tertiary alicyclic amines) is 1. The zero-order valence-electron chi connectivity index (χ0n) is 10.00. The number of carbonyl (C=O) groups excluding carboxylic acids is 1. The quantitative estimate of drug-likeness (QED) is 0.718. The Balaban J connectivity index is 2.16. The summed E-state index contributed by atoms with van der Waals surface area (Å²) in [4.78, 5) is 13.9. The van der Waals surface area contributed by atoms with Crippen molar-refractivity contribution in [2.24, 2.45) is 5.92 Å². The fourth-order valence-corrected chi connectivity index (χ4v) is 2.82. The van der Waals surface area contributed by atoms with Crippen molar-refractivity contribution < 1.29 is 9.18 Å². The van der Waals surface area contributed by atoms with Gasteiger partial charge in [0, 0.05) is 23.1 Å². The molecular formula is C13H14BrClFNO. The highest BCUT2D eigenvalue weighted by molar-refractivity contribution is 9.10. The summed E-state index contributed by atoms with van der Waals surface area (Å²) in [5.41, 5.74) is 0.361. The van der Waals surface area contributed by atoms with Crippen LogP contribution in [0.25, 0.3) is 0 Å². The third-order valence-corrected chi connectivity index (χ3v) is 4.29. The molecule has 1 aliphatic rings. The number of alkyl halides is 1. The van der Waals surface area contributed by atoms with Crippen LogP contribution in [0.3, 0.4) is 0 Å². The second-order valence-electron chi connectivity index (χ2n) is 4.69. The zero-order valence-corrected chi connectivity index (χ0v) is 12.3. The number of amides is 1. The number of benzene rings is 1. The summed E-state index contributed by atoms with van der Waals surface area (Å²) in [6.07, 6.45) is 0.885. The first kappa shape index (κ1) is 13.8. The molecule has 0 N–H and O–H groups in total. The van der Waals surface area contributed by atoms with Crippen molar-refractivity contribution in [3.8, 4) is 0 Å². The Morgan fingerprint density at radius 1 is 1.50 bits per heavy atom. The first-order valence-electron chi connectivity index (χ1n) is 5.87. The summed E-state index contributed by atoms with van der Waals surface area (Å²) in [5.74, 6) is -0.164. The van der Waals surface area contributed by atoms with E-state index in [0.717, 1.165) is 6.42 Å². The number of hydrogen-bond acceptors (Lipinski definition) is 1. The standard InChI is InChI=1S/C13H14BrClFNO/c1-8-2-3-17(7-12(8)15)13(18)9-4-10(14)6-11(16)5-9/h4-6,8,12H,2-3,7H2,1H3. The van der Waals surface area contributed by atoms with Crippen molar-refractivity contribution >= 4 is 33.4 Å². The fraction of sp³-hybridized carbons (Fsp3) is 0.462. The molecule has 0 aromatic heterocycles. The molecule has 0 bridgehead atoms. The molecular weight excluding hydrogens is 321 g/mol. The van der Waals surface area contributed by atoms with E-state index in [0.29, 0.717) is 29.0 Å². The number of rotatable bonds is 1. The van der Waals surface area contributed by atoms with Gasteiger partial charge in [0.1, 0.15) is 5.82 Å². The largest absolute Gasteiger partial charge is 0.337 e.